The maximum Gasteiger partial charge on any atom is 0.163 e. The zero-order valence-electron chi connectivity index (χ0n) is 8.65. The summed E-state index contributed by atoms with van der Waals surface area (Å²) in [6.45, 7) is 4.26. The van der Waals surface area contributed by atoms with E-state index < -0.39 is 0 Å². The molecule has 1 aromatic carbocycles. The first-order valence-corrected chi connectivity index (χ1v) is 5.30. The lowest BCUT2D eigenvalue weighted by atomic mass is 10.2. The van der Waals surface area contributed by atoms with E-state index in [-0.39, 0.29) is 0 Å². The Kier molecular flexibility index (Phi) is 3.37. The van der Waals surface area contributed by atoms with Crippen LogP contribution in [-0.2, 0) is 0 Å². The Morgan fingerprint density at radius 2 is 1.94 bits per heavy atom. The van der Waals surface area contributed by atoms with E-state index in [1.165, 1.54) is 0 Å². The van der Waals surface area contributed by atoms with Gasteiger partial charge in [0.15, 0.2) is 5.82 Å². The van der Waals surface area contributed by atoms with E-state index in [0.717, 1.165) is 5.56 Å². The molecule has 1 N–H and O–H groups in total. The minimum absolute atomic E-state index is 0.421. The molecule has 0 unspecified atom stereocenters. The van der Waals surface area contributed by atoms with Crippen LogP contribution >= 0.6 is 11.6 Å². The maximum absolute atomic E-state index is 5.92. The Morgan fingerprint density at radius 3 is 2.62 bits per heavy atom. The van der Waals surface area contributed by atoms with Crippen molar-refractivity contribution in [3.8, 4) is 11.4 Å². The van der Waals surface area contributed by atoms with Crippen LogP contribution in [0.5, 0.6) is 0 Å². The molecule has 0 saturated carbocycles. The summed E-state index contributed by atoms with van der Waals surface area (Å²) in [7, 11) is 0. The summed E-state index contributed by atoms with van der Waals surface area (Å²) in [5, 5.41) is 3.43. The van der Waals surface area contributed by atoms with Crippen LogP contribution < -0.4 is 5.32 Å². The summed E-state index contributed by atoms with van der Waals surface area (Å²) in [5.41, 5.74) is 0.942. The number of hydrogen-bond donors (Lipinski definition) is 1. The molecule has 0 aliphatic heterocycles. The lowest BCUT2D eigenvalue weighted by molar-refractivity contribution is 1.15. The quantitative estimate of drug-likeness (QED) is 0.827. The summed E-state index contributed by atoms with van der Waals surface area (Å²) < 4.78 is 0. The van der Waals surface area contributed by atoms with Gasteiger partial charge in [-0.3, -0.25) is 0 Å². The van der Waals surface area contributed by atoms with Gasteiger partial charge in [0.25, 0.3) is 0 Å². The number of rotatable bonds is 3. The van der Waals surface area contributed by atoms with E-state index in [0.29, 0.717) is 23.3 Å². The summed E-state index contributed by atoms with van der Waals surface area (Å²) in [6, 6.07) is 11.4. The molecule has 0 aliphatic carbocycles. The third-order valence-corrected chi connectivity index (χ3v) is 2.23. The smallest absolute Gasteiger partial charge is 0.163 e. The van der Waals surface area contributed by atoms with E-state index in [1.54, 1.807) is 6.07 Å². The van der Waals surface area contributed by atoms with Gasteiger partial charge in [-0.2, -0.15) is 0 Å². The lowest BCUT2D eigenvalue weighted by Crippen LogP contribution is -2.01. The van der Waals surface area contributed by atoms with Crippen molar-refractivity contribution in [3.05, 3.63) is 48.5 Å². The third-order valence-electron chi connectivity index (χ3n) is 2.03. The van der Waals surface area contributed by atoms with Gasteiger partial charge in [0, 0.05) is 18.2 Å². The average Bonchev–Trinajstić information content (AvgIpc) is 2.30. The third kappa shape index (κ3) is 2.49. The first kappa shape index (κ1) is 10.9. The molecule has 0 bridgehead atoms. The Morgan fingerprint density at radius 1 is 1.19 bits per heavy atom. The van der Waals surface area contributed by atoms with Crippen molar-refractivity contribution in [1.82, 2.24) is 9.97 Å². The van der Waals surface area contributed by atoms with Crippen molar-refractivity contribution in [3.63, 3.8) is 0 Å². The first-order chi connectivity index (χ1) is 7.79. The Labute approximate surface area is 99.5 Å². The Hall–Kier alpha value is -1.61. The number of benzene rings is 1. The largest absolute Gasteiger partial charge is 0.370 e. The predicted octanol–water partition coefficient (Wildman–Crippen LogP) is 3.04. The van der Waals surface area contributed by atoms with Gasteiger partial charge in [-0.15, -0.1) is 0 Å². The fourth-order valence-electron chi connectivity index (χ4n) is 1.35. The second kappa shape index (κ2) is 4.94. The molecule has 0 spiro atoms. The molecule has 2 rings (SSSR count). The van der Waals surface area contributed by atoms with Crippen LogP contribution in [-0.4, -0.2) is 16.5 Å². The van der Waals surface area contributed by atoms with E-state index >= 15 is 0 Å². The van der Waals surface area contributed by atoms with Gasteiger partial charge in [0.2, 0.25) is 0 Å². The SMILES string of the molecule is [CH2]CNc1cc(Cl)nc(-c2ccccc2)n1. The fraction of sp³-hybridized carbons (Fsp3) is 0.0833. The zero-order chi connectivity index (χ0) is 11.4. The van der Waals surface area contributed by atoms with Crippen molar-refractivity contribution < 1.29 is 0 Å². The van der Waals surface area contributed by atoms with Crippen LogP contribution in [0.25, 0.3) is 11.4 Å². The second-order valence-corrected chi connectivity index (χ2v) is 3.58. The number of aromatic nitrogens is 2. The molecule has 2 aromatic rings. The van der Waals surface area contributed by atoms with Crippen LogP contribution in [0.1, 0.15) is 0 Å². The molecule has 3 nitrogen and oxygen atoms in total. The van der Waals surface area contributed by atoms with Gasteiger partial charge in [-0.1, -0.05) is 41.9 Å². The minimum Gasteiger partial charge on any atom is -0.370 e. The van der Waals surface area contributed by atoms with E-state index in [1.807, 2.05) is 30.3 Å². The lowest BCUT2D eigenvalue weighted by Gasteiger charge is -2.05. The average molecular weight is 233 g/mol. The van der Waals surface area contributed by atoms with Crippen LogP contribution in [0.15, 0.2) is 36.4 Å². The van der Waals surface area contributed by atoms with Crippen LogP contribution in [0.3, 0.4) is 0 Å². The highest BCUT2D eigenvalue weighted by Gasteiger charge is 2.04. The monoisotopic (exact) mass is 232 g/mol. The highest BCUT2D eigenvalue weighted by Crippen LogP contribution is 2.19. The van der Waals surface area contributed by atoms with Crippen molar-refractivity contribution >= 4 is 17.4 Å². The summed E-state index contributed by atoms with van der Waals surface area (Å²) in [5.74, 6) is 1.30. The number of nitrogens with zero attached hydrogens (tertiary/aromatic N) is 2. The van der Waals surface area contributed by atoms with Crippen molar-refractivity contribution in [1.29, 1.82) is 0 Å². The van der Waals surface area contributed by atoms with E-state index in [2.05, 4.69) is 22.2 Å². The molecule has 0 fully saturated rings. The molecule has 4 heteroatoms. The van der Waals surface area contributed by atoms with Crippen molar-refractivity contribution in [2.45, 2.75) is 0 Å². The standard InChI is InChI=1S/C12H11ClN3/c1-2-14-11-8-10(13)15-12(16-11)9-6-4-3-5-7-9/h3-8H,1-2H2,(H,14,15,16). The van der Waals surface area contributed by atoms with Crippen LogP contribution in [0, 0.1) is 6.92 Å². The van der Waals surface area contributed by atoms with Gasteiger partial charge in [0.1, 0.15) is 11.0 Å². The number of hydrogen-bond acceptors (Lipinski definition) is 3. The molecule has 81 valence electrons. The molecule has 16 heavy (non-hydrogen) atoms. The topological polar surface area (TPSA) is 37.8 Å². The minimum atomic E-state index is 0.421. The van der Waals surface area contributed by atoms with Gasteiger partial charge < -0.3 is 5.32 Å². The first-order valence-electron chi connectivity index (χ1n) is 4.92. The molecule has 1 aromatic heterocycles. The van der Waals surface area contributed by atoms with E-state index in [9.17, 15) is 0 Å². The number of nitrogens with one attached hydrogen (secondary N) is 1. The molecule has 1 radical (unpaired) electrons. The highest BCUT2D eigenvalue weighted by molar-refractivity contribution is 6.29. The Balaban J connectivity index is 2.41. The zero-order valence-corrected chi connectivity index (χ0v) is 9.41. The fourth-order valence-corrected chi connectivity index (χ4v) is 1.54. The van der Waals surface area contributed by atoms with Crippen LogP contribution in [0.4, 0.5) is 5.82 Å². The van der Waals surface area contributed by atoms with E-state index in [4.69, 9.17) is 11.6 Å². The van der Waals surface area contributed by atoms with Crippen LogP contribution in [0.2, 0.25) is 5.15 Å². The molecule has 1 heterocycles. The highest BCUT2D eigenvalue weighted by atomic mass is 35.5. The van der Waals surface area contributed by atoms with Gasteiger partial charge in [-0.25, -0.2) is 9.97 Å². The molecule has 0 saturated heterocycles. The van der Waals surface area contributed by atoms with Crippen molar-refractivity contribution in [2.24, 2.45) is 0 Å². The predicted molar refractivity (Wildman–Crippen MR) is 66.3 cm³/mol. The summed E-state index contributed by atoms with van der Waals surface area (Å²) >= 11 is 5.92. The van der Waals surface area contributed by atoms with Crippen molar-refractivity contribution in [2.75, 3.05) is 11.9 Å². The molecule has 0 aliphatic rings. The number of anilines is 1. The van der Waals surface area contributed by atoms with Gasteiger partial charge in [-0.05, 0) is 6.92 Å². The molecular formula is C12H11ClN3. The summed E-state index contributed by atoms with van der Waals surface area (Å²) in [4.78, 5) is 8.53. The normalized spacial score (nSPS) is 10.1. The molecular weight excluding hydrogens is 222 g/mol. The number of halogens is 1. The Bertz CT molecular complexity index is 471. The van der Waals surface area contributed by atoms with Gasteiger partial charge >= 0.3 is 0 Å². The van der Waals surface area contributed by atoms with Gasteiger partial charge in [0.05, 0.1) is 0 Å². The molecule has 0 amide bonds. The second-order valence-electron chi connectivity index (χ2n) is 3.19. The maximum atomic E-state index is 5.92. The summed E-state index contributed by atoms with van der Waals surface area (Å²) in [6.07, 6.45) is 0. The molecule has 0 atom stereocenters.